The van der Waals surface area contributed by atoms with Gasteiger partial charge in [-0.2, -0.15) is 4.31 Å². The predicted molar refractivity (Wildman–Crippen MR) is 147 cm³/mol. The second kappa shape index (κ2) is 11.0. The van der Waals surface area contributed by atoms with E-state index in [0.29, 0.717) is 30.4 Å². The van der Waals surface area contributed by atoms with Gasteiger partial charge in [0, 0.05) is 57.5 Å². The minimum absolute atomic E-state index is 0.0540. The van der Waals surface area contributed by atoms with Crippen LogP contribution in [0.5, 0.6) is 0 Å². The monoisotopic (exact) mass is 575 g/mol. The van der Waals surface area contributed by atoms with Crippen molar-refractivity contribution in [3.63, 3.8) is 0 Å². The highest BCUT2D eigenvalue weighted by Crippen LogP contribution is 2.36. The molecule has 2 aliphatic heterocycles. The van der Waals surface area contributed by atoms with Gasteiger partial charge in [-0.25, -0.2) is 23.0 Å². The number of aliphatic hydroxyl groups is 1. The summed E-state index contributed by atoms with van der Waals surface area (Å²) in [7, 11) is -0.666. The second-order valence-corrected chi connectivity index (χ2v) is 13.1. The highest BCUT2D eigenvalue weighted by molar-refractivity contribution is 7.89. The van der Waals surface area contributed by atoms with Crippen LogP contribution in [0.15, 0.2) is 46.6 Å². The lowest BCUT2D eigenvalue weighted by atomic mass is 9.97. The van der Waals surface area contributed by atoms with E-state index >= 15 is 0 Å². The van der Waals surface area contributed by atoms with Crippen molar-refractivity contribution >= 4 is 27.1 Å². The van der Waals surface area contributed by atoms with Crippen molar-refractivity contribution in [2.45, 2.75) is 74.8 Å². The number of aromatic nitrogens is 4. The van der Waals surface area contributed by atoms with Crippen LogP contribution in [-0.4, -0.2) is 92.0 Å². The maximum absolute atomic E-state index is 13.0. The van der Waals surface area contributed by atoms with Gasteiger partial charge in [0.1, 0.15) is 5.52 Å². The Labute approximate surface area is 233 Å². The fourth-order valence-corrected chi connectivity index (χ4v) is 7.24. The molecule has 3 aromatic rings. The van der Waals surface area contributed by atoms with Gasteiger partial charge in [-0.3, -0.25) is 9.47 Å². The Morgan fingerprint density at radius 3 is 2.45 bits per heavy atom. The number of likely N-dealkylation sites (N-methyl/N-ethyl adjacent to an activating group) is 1. The minimum atomic E-state index is -3.80. The molecule has 5 rings (SSSR count). The summed E-state index contributed by atoms with van der Waals surface area (Å²) in [4.78, 5) is 37.5. The number of sulfonamides is 1. The quantitative estimate of drug-likeness (QED) is 0.384. The molecule has 14 heteroatoms. The van der Waals surface area contributed by atoms with Gasteiger partial charge in [-0.15, -0.1) is 4.73 Å². The number of aryl methyl sites for hydroxylation is 1. The summed E-state index contributed by atoms with van der Waals surface area (Å²) in [6.07, 6.45) is 4.47. The van der Waals surface area contributed by atoms with Crippen molar-refractivity contribution in [2.24, 2.45) is 7.05 Å². The number of imidazole rings is 2. The van der Waals surface area contributed by atoms with Gasteiger partial charge in [0.25, 0.3) is 10.0 Å². The number of hydrogen-bond acceptors (Lipinski definition) is 8. The zero-order chi connectivity index (χ0) is 28.8. The summed E-state index contributed by atoms with van der Waals surface area (Å²) in [5.74, 6) is 0. The van der Waals surface area contributed by atoms with Crippen LogP contribution in [-0.2, 0) is 17.1 Å². The number of para-hydroxylation sites is 2. The average Bonchev–Trinajstić information content (AvgIpc) is 3.51. The Kier molecular flexibility index (Phi) is 7.79. The van der Waals surface area contributed by atoms with Crippen molar-refractivity contribution in [3.05, 3.63) is 47.3 Å². The molecule has 2 saturated heterocycles. The molecule has 2 N–H and O–H groups in total. The van der Waals surface area contributed by atoms with Crippen molar-refractivity contribution in [1.82, 2.24) is 33.4 Å². The average molecular weight is 576 g/mol. The van der Waals surface area contributed by atoms with Gasteiger partial charge in [-0.1, -0.05) is 12.1 Å². The summed E-state index contributed by atoms with van der Waals surface area (Å²) in [5.41, 5.74) is 0.805. The van der Waals surface area contributed by atoms with E-state index < -0.39 is 27.9 Å². The van der Waals surface area contributed by atoms with Gasteiger partial charge >= 0.3 is 11.8 Å². The fourth-order valence-electron chi connectivity index (χ4n) is 6.07. The second-order valence-electron chi connectivity index (χ2n) is 11.1. The van der Waals surface area contributed by atoms with E-state index in [0.717, 1.165) is 21.9 Å². The van der Waals surface area contributed by atoms with Gasteiger partial charge in [-0.05, 0) is 51.7 Å². The molecule has 0 radical (unpaired) electrons. The van der Waals surface area contributed by atoms with Crippen LogP contribution < -0.4 is 15.8 Å². The van der Waals surface area contributed by atoms with Gasteiger partial charge < -0.3 is 19.8 Å². The standard InChI is InChI=1S/C26H37N7O6S/c1-17(2)32-22-7-5-6-8-23(22)33(26(32)36)39-25(35)28-18-11-19-9-10-20(12-18)31(19)14-21(34)13-30(4)40(37,38)24-15-29(3)16-27-24/h5-8,15-21,34H,9-14H2,1-4H3,(H,28,35)/t18-,19-,20+,21-/m0/s1. The number of benzene rings is 1. The summed E-state index contributed by atoms with van der Waals surface area (Å²) in [6, 6.07) is 7.23. The molecular weight excluding hydrogens is 538 g/mol. The van der Waals surface area contributed by atoms with Crippen molar-refractivity contribution in [1.29, 1.82) is 0 Å². The SMILES string of the molecule is CC(C)n1c(=O)n(OC(=O)N[C@@H]2C[C@H]3CC[C@@H](C2)N3C[C@@H](O)CN(C)S(=O)(=O)c2cn(C)cn2)c2ccccc21. The molecule has 2 bridgehead atoms. The summed E-state index contributed by atoms with van der Waals surface area (Å²) >= 11 is 0. The molecule has 0 saturated carbocycles. The molecule has 218 valence electrons. The number of carbonyl (C=O) groups excluding carboxylic acids is 1. The summed E-state index contributed by atoms with van der Waals surface area (Å²) < 4.78 is 30.9. The summed E-state index contributed by atoms with van der Waals surface area (Å²) in [5, 5.41) is 13.7. The minimum Gasteiger partial charge on any atom is -0.390 e. The zero-order valence-corrected chi connectivity index (χ0v) is 24.0. The first kappa shape index (κ1) is 28.3. The first-order chi connectivity index (χ1) is 19.0. The Morgan fingerprint density at radius 1 is 1.20 bits per heavy atom. The van der Waals surface area contributed by atoms with Gasteiger partial charge in [0.15, 0.2) is 5.03 Å². The molecule has 2 fully saturated rings. The van der Waals surface area contributed by atoms with Crippen molar-refractivity contribution < 1.29 is 23.2 Å². The van der Waals surface area contributed by atoms with E-state index in [1.807, 2.05) is 26.0 Å². The van der Waals surface area contributed by atoms with Crippen LogP contribution in [0.2, 0.25) is 0 Å². The number of fused-ring (bicyclic) bond motifs is 3. The number of aliphatic hydroxyl groups excluding tert-OH is 1. The number of nitrogens with zero attached hydrogens (tertiary/aromatic N) is 6. The largest absolute Gasteiger partial charge is 0.432 e. The van der Waals surface area contributed by atoms with Crippen LogP contribution in [0.25, 0.3) is 11.0 Å². The zero-order valence-electron chi connectivity index (χ0n) is 23.2. The lowest BCUT2D eigenvalue weighted by Crippen LogP contribution is -2.54. The Balaban J connectivity index is 1.18. The van der Waals surface area contributed by atoms with E-state index in [1.54, 1.807) is 28.3 Å². The molecule has 0 spiro atoms. The maximum Gasteiger partial charge on any atom is 0.432 e. The van der Waals surface area contributed by atoms with Crippen LogP contribution >= 0.6 is 0 Å². The van der Waals surface area contributed by atoms with E-state index in [9.17, 15) is 23.1 Å². The number of carbonyl (C=O) groups is 1. The van der Waals surface area contributed by atoms with Gasteiger partial charge in [0.05, 0.1) is 17.9 Å². The fraction of sp³-hybridized carbons (Fsp3) is 0.577. The molecule has 2 aliphatic rings. The predicted octanol–water partition coefficient (Wildman–Crippen LogP) is 0.933. The van der Waals surface area contributed by atoms with E-state index in [2.05, 4.69) is 15.2 Å². The van der Waals surface area contributed by atoms with Crippen molar-refractivity contribution in [2.75, 3.05) is 20.1 Å². The summed E-state index contributed by atoms with van der Waals surface area (Å²) in [6.45, 7) is 4.08. The van der Waals surface area contributed by atoms with Crippen LogP contribution in [0, 0.1) is 0 Å². The van der Waals surface area contributed by atoms with Crippen LogP contribution in [0.3, 0.4) is 0 Å². The smallest absolute Gasteiger partial charge is 0.390 e. The lowest BCUT2D eigenvalue weighted by Gasteiger charge is -2.40. The first-order valence-electron chi connectivity index (χ1n) is 13.5. The number of rotatable bonds is 9. The third-order valence-corrected chi connectivity index (χ3v) is 9.59. The molecule has 0 aliphatic carbocycles. The number of amides is 1. The molecule has 0 unspecified atom stereocenters. The molecule has 2 aromatic heterocycles. The molecule has 4 atom stereocenters. The highest BCUT2D eigenvalue weighted by Gasteiger charge is 2.42. The van der Waals surface area contributed by atoms with Crippen LogP contribution in [0.4, 0.5) is 4.79 Å². The number of hydrogen-bond donors (Lipinski definition) is 2. The maximum atomic E-state index is 13.0. The topological polar surface area (TPSA) is 144 Å². The molecule has 1 aromatic carbocycles. The molecule has 4 heterocycles. The highest BCUT2D eigenvalue weighted by atomic mass is 32.2. The Morgan fingerprint density at radius 2 is 1.85 bits per heavy atom. The van der Waals surface area contributed by atoms with E-state index in [-0.39, 0.29) is 35.7 Å². The first-order valence-corrected chi connectivity index (χ1v) is 15.0. The van der Waals surface area contributed by atoms with E-state index in [1.165, 1.54) is 19.6 Å². The van der Waals surface area contributed by atoms with Crippen molar-refractivity contribution in [3.8, 4) is 0 Å². The Hall–Kier alpha value is -3.20. The number of piperidine rings is 1. The number of nitrogens with one attached hydrogen (secondary N) is 1. The molecule has 1 amide bonds. The Bertz CT molecular complexity index is 1530. The molecule has 40 heavy (non-hydrogen) atoms. The van der Waals surface area contributed by atoms with Gasteiger partial charge in [0.2, 0.25) is 0 Å². The lowest BCUT2D eigenvalue weighted by molar-refractivity contribution is 0.0445. The van der Waals surface area contributed by atoms with E-state index in [4.69, 9.17) is 4.84 Å². The molecular formula is C26H37N7O6S. The third kappa shape index (κ3) is 5.40. The van der Waals surface area contributed by atoms with Crippen LogP contribution in [0.1, 0.15) is 45.6 Å². The normalized spacial score (nSPS) is 22.3. The third-order valence-electron chi connectivity index (χ3n) is 7.88. The molecule has 13 nitrogen and oxygen atoms in total.